The first-order valence-corrected chi connectivity index (χ1v) is 11.2. The largest absolute Gasteiger partial charge is 0.322 e. The van der Waals surface area contributed by atoms with Gasteiger partial charge in [-0.3, -0.25) is 9.52 Å². The van der Waals surface area contributed by atoms with Gasteiger partial charge in [-0.1, -0.05) is 17.7 Å². The first kappa shape index (κ1) is 20.0. The van der Waals surface area contributed by atoms with Crippen LogP contribution in [-0.4, -0.2) is 20.6 Å². The summed E-state index contributed by atoms with van der Waals surface area (Å²) in [5.41, 5.74) is 2.59. The third-order valence-electron chi connectivity index (χ3n) is 4.08. The lowest BCUT2D eigenvalue weighted by Gasteiger charge is -2.10. The zero-order valence-corrected chi connectivity index (χ0v) is 17.1. The Bertz CT molecular complexity index is 1060. The molecular formula is C21H20N2O3S2. The van der Waals surface area contributed by atoms with Crippen LogP contribution >= 0.6 is 11.8 Å². The average Bonchev–Trinajstić information content (AvgIpc) is 2.70. The van der Waals surface area contributed by atoms with E-state index >= 15 is 0 Å². The molecule has 144 valence electrons. The minimum atomic E-state index is -3.72. The molecule has 0 radical (unpaired) electrons. The number of carbonyl (C=O) groups is 1. The molecule has 0 atom stereocenters. The Morgan fingerprint density at radius 2 is 1.39 bits per heavy atom. The number of sulfonamides is 1. The summed E-state index contributed by atoms with van der Waals surface area (Å²) >= 11 is 1.62. The van der Waals surface area contributed by atoms with Gasteiger partial charge >= 0.3 is 0 Å². The summed E-state index contributed by atoms with van der Waals surface area (Å²) in [6, 6.07) is 20.4. The maximum atomic E-state index is 12.5. The highest BCUT2D eigenvalue weighted by Crippen LogP contribution is 2.20. The van der Waals surface area contributed by atoms with Crippen LogP contribution in [-0.2, 0) is 10.0 Å². The topological polar surface area (TPSA) is 75.3 Å². The molecule has 3 rings (SSSR count). The summed E-state index contributed by atoms with van der Waals surface area (Å²) in [4.78, 5) is 13.6. The van der Waals surface area contributed by atoms with E-state index in [2.05, 4.69) is 10.0 Å². The van der Waals surface area contributed by atoms with Gasteiger partial charge in [0, 0.05) is 21.8 Å². The lowest BCUT2D eigenvalue weighted by atomic mass is 10.2. The van der Waals surface area contributed by atoms with E-state index in [0.29, 0.717) is 16.9 Å². The molecule has 3 aromatic rings. The molecule has 1 amide bonds. The molecule has 3 aromatic carbocycles. The van der Waals surface area contributed by atoms with Crippen molar-refractivity contribution >= 4 is 39.1 Å². The molecule has 0 saturated heterocycles. The summed E-state index contributed by atoms with van der Waals surface area (Å²) in [7, 11) is -3.72. The number of carbonyl (C=O) groups excluding carboxylic acids is 1. The van der Waals surface area contributed by atoms with Crippen LogP contribution in [0.5, 0.6) is 0 Å². The van der Waals surface area contributed by atoms with Crippen LogP contribution in [0.3, 0.4) is 0 Å². The van der Waals surface area contributed by atoms with Crippen molar-refractivity contribution in [3.8, 4) is 0 Å². The molecule has 2 N–H and O–H groups in total. The summed E-state index contributed by atoms with van der Waals surface area (Å²) in [5.74, 6) is -0.299. The number of aryl methyl sites for hydroxylation is 1. The Hall–Kier alpha value is -2.77. The number of hydrogen-bond donors (Lipinski definition) is 2. The molecule has 7 heteroatoms. The smallest absolute Gasteiger partial charge is 0.261 e. The van der Waals surface area contributed by atoms with Crippen molar-refractivity contribution in [1.29, 1.82) is 0 Å². The summed E-state index contributed by atoms with van der Waals surface area (Å²) in [6.07, 6.45) is 1.98. The van der Waals surface area contributed by atoms with E-state index in [0.717, 1.165) is 10.5 Å². The van der Waals surface area contributed by atoms with E-state index in [1.165, 1.54) is 24.3 Å². The van der Waals surface area contributed by atoms with E-state index in [-0.39, 0.29) is 10.8 Å². The zero-order chi connectivity index (χ0) is 20.1. The fourth-order valence-corrected chi connectivity index (χ4v) is 3.97. The number of benzene rings is 3. The Labute approximate surface area is 169 Å². The molecule has 0 saturated carbocycles. The second kappa shape index (κ2) is 8.50. The highest BCUT2D eigenvalue weighted by atomic mass is 32.2. The van der Waals surface area contributed by atoms with Crippen LogP contribution < -0.4 is 10.0 Å². The Morgan fingerprint density at radius 1 is 0.821 bits per heavy atom. The third-order valence-corrected chi connectivity index (χ3v) is 6.22. The minimum Gasteiger partial charge on any atom is -0.322 e. The van der Waals surface area contributed by atoms with E-state index < -0.39 is 10.0 Å². The predicted octanol–water partition coefficient (Wildman–Crippen LogP) is 4.77. The maximum absolute atomic E-state index is 12.5. The maximum Gasteiger partial charge on any atom is 0.261 e. The van der Waals surface area contributed by atoms with Crippen LogP contribution in [0, 0.1) is 6.92 Å². The van der Waals surface area contributed by atoms with Crippen molar-refractivity contribution in [2.24, 2.45) is 0 Å². The number of anilines is 2. The quantitative estimate of drug-likeness (QED) is 0.572. The van der Waals surface area contributed by atoms with Gasteiger partial charge in [-0.15, -0.1) is 11.8 Å². The molecule has 0 aromatic heterocycles. The molecular weight excluding hydrogens is 392 g/mol. The van der Waals surface area contributed by atoms with Gasteiger partial charge in [0.1, 0.15) is 0 Å². The summed E-state index contributed by atoms with van der Waals surface area (Å²) in [5, 5.41) is 2.80. The first-order valence-electron chi connectivity index (χ1n) is 8.52. The monoisotopic (exact) mass is 412 g/mol. The van der Waals surface area contributed by atoms with Crippen molar-refractivity contribution in [3.05, 3.63) is 83.9 Å². The van der Waals surface area contributed by atoms with Crippen LogP contribution in [0.2, 0.25) is 0 Å². The minimum absolute atomic E-state index is 0.0916. The molecule has 0 unspecified atom stereocenters. The third kappa shape index (κ3) is 4.94. The molecule has 0 aliphatic rings. The fraction of sp³-hybridized carbons (Fsp3) is 0.0952. The van der Waals surface area contributed by atoms with Crippen LogP contribution in [0.1, 0.15) is 15.9 Å². The van der Waals surface area contributed by atoms with Gasteiger partial charge in [0.25, 0.3) is 15.9 Å². The Morgan fingerprint density at radius 3 is 1.96 bits per heavy atom. The number of nitrogens with one attached hydrogen (secondary N) is 2. The van der Waals surface area contributed by atoms with Crippen LogP contribution in [0.15, 0.2) is 82.6 Å². The number of rotatable bonds is 6. The lowest BCUT2D eigenvalue weighted by Crippen LogP contribution is -2.14. The van der Waals surface area contributed by atoms with Gasteiger partial charge in [-0.2, -0.15) is 0 Å². The van der Waals surface area contributed by atoms with E-state index in [1.807, 2.05) is 49.6 Å². The highest BCUT2D eigenvalue weighted by Gasteiger charge is 2.15. The Balaban J connectivity index is 1.70. The van der Waals surface area contributed by atoms with Gasteiger partial charge in [0.05, 0.1) is 4.90 Å². The van der Waals surface area contributed by atoms with Gasteiger partial charge in [-0.05, 0) is 73.8 Å². The van der Waals surface area contributed by atoms with E-state index in [1.54, 1.807) is 23.9 Å². The van der Waals surface area contributed by atoms with E-state index in [9.17, 15) is 13.2 Å². The molecule has 0 aliphatic carbocycles. The highest BCUT2D eigenvalue weighted by molar-refractivity contribution is 7.98. The second-order valence-corrected chi connectivity index (χ2v) is 8.74. The standard InChI is InChI=1S/C21H20N2O3S2/c1-15-3-7-18(8-4-15)23-28(25,26)20-13-5-16(6-14-20)21(24)22-17-9-11-19(27-2)12-10-17/h3-14,23H,1-2H3,(H,22,24). The van der Waals surface area contributed by atoms with Gasteiger partial charge in [-0.25, -0.2) is 8.42 Å². The van der Waals surface area contributed by atoms with Crippen LogP contribution in [0.4, 0.5) is 11.4 Å². The fourth-order valence-electron chi connectivity index (χ4n) is 2.50. The van der Waals surface area contributed by atoms with Crippen molar-refractivity contribution in [3.63, 3.8) is 0 Å². The van der Waals surface area contributed by atoms with Crippen molar-refractivity contribution in [1.82, 2.24) is 0 Å². The van der Waals surface area contributed by atoms with Crippen molar-refractivity contribution in [2.75, 3.05) is 16.3 Å². The molecule has 0 fully saturated rings. The zero-order valence-electron chi connectivity index (χ0n) is 15.5. The molecule has 0 heterocycles. The molecule has 0 spiro atoms. The molecule has 28 heavy (non-hydrogen) atoms. The predicted molar refractivity (Wildman–Crippen MR) is 115 cm³/mol. The second-order valence-electron chi connectivity index (χ2n) is 6.18. The van der Waals surface area contributed by atoms with Crippen molar-refractivity contribution in [2.45, 2.75) is 16.7 Å². The van der Waals surface area contributed by atoms with Gasteiger partial charge < -0.3 is 5.32 Å². The average molecular weight is 413 g/mol. The molecule has 0 bridgehead atoms. The van der Waals surface area contributed by atoms with Crippen LogP contribution in [0.25, 0.3) is 0 Å². The molecule has 5 nitrogen and oxygen atoms in total. The summed E-state index contributed by atoms with van der Waals surface area (Å²) in [6.45, 7) is 1.93. The normalized spacial score (nSPS) is 11.1. The molecule has 0 aliphatic heterocycles. The van der Waals surface area contributed by atoms with E-state index in [4.69, 9.17) is 0 Å². The van der Waals surface area contributed by atoms with Gasteiger partial charge in [0.15, 0.2) is 0 Å². The van der Waals surface area contributed by atoms with Crippen molar-refractivity contribution < 1.29 is 13.2 Å². The SMILES string of the molecule is CSc1ccc(NC(=O)c2ccc(S(=O)(=O)Nc3ccc(C)cc3)cc2)cc1. The lowest BCUT2D eigenvalue weighted by molar-refractivity contribution is 0.102. The van der Waals surface area contributed by atoms with Gasteiger partial charge in [0.2, 0.25) is 0 Å². The number of thioether (sulfide) groups is 1. The first-order chi connectivity index (χ1) is 13.4. The Kier molecular flexibility index (Phi) is 6.06. The number of amides is 1. The summed E-state index contributed by atoms with van der Waals surface area (Å²) < 4.78 is 27.5. The number of hydrogen-bond acceptors (Lipinski definition) is 4.